The molecule has 1 aromatic rings. The average molecular weight is 295 g/mol. The lowest BCUT2D eigenvalue weighted by molar-refractivity contribution is -0.00298. The Morgan fingerprint density at radius 1 is 1.48 bits per heavy atom. The molecule has 4 nitrogen and oxygen atoms in total. The highest BCUT2D eigenvalue weighted by Crippen LogP contribution is 2.30. The maximum Gasteiger partial charge on any atom is 0.410 e. The summed E-state index contributed by atoms with van der Waals surface area (Å²) in [4.78, 5) is 13.4. The van der Waals surface area contributed by atoms with Crippen molar-refractivity contribution in [3.8, 4) is 0 Å². The first-order chi connectivity index (χ1) is 9.78. The number of rotatable bonds is 2. The third-order valence-corrected chi connectivity index (χ3v) is 3.30. The Labute approximate surface area is 124 Å². The van der Waals surface area contributed by atoms with E-state index in [1.165, 1.54) is 11.0 Å². The Kier molecular flexibility index (Phi) is 4.52. The number of nitrogens with zero attached hydrogens (tertiary/aromatic N) is 1. The molecule has 0 bridgehead atoms. The molecule has 0 saturated heterocycles. The molecule has 1 aromatic carbocycles. The van der Waals surface area contributed by atoms with Crippen LogP contribution in [0.4, 0.5) is 9.18 Å². The van der Waals surface area contributed by atoms with Gasteiger partial charge in [-0.2, -0.15) is 0 Å². The van der Waals surface area contributed by atoms with Crippen molar-refractivity contribution in [2.24, 2.45) is 0 Å². The van der Waals surface area contributed by atoms with Crippen molar-refractivity contribution in [3.05, 3.63) is 35.1 Å². The van der Waals surface area contributed by atoms with E-state index in [4.69, 9.17) is 9.47 Å². The molecule has 5 heteroatoms. The molecule has 0 aromatic heterocycles. The first-order valence-corrected chi connectivity index (χ1v) is 7.11. The van der Waals surface area contributed by atoms with Crippen molar-refractivity contribution >= 4 is 6.09 Å². The van der Waals surface area contributed by atoms with Gasteiger partial charge in [-0.15, -0.1) is 0 Å². The van der Waals surface area contributed by atoms with E-state index >= 15 is 0 Å². The summed E-state index contributed by atoms with van der Waals surface area (Å²) in [5.41, 5.74) is 0.949. The summed E-state index contributed by atoms with van der Waals surface area (Å²) >= 11 is 0. The lowest BCUT2D eigenvalue weighted by Gasteiger charge is -2.31. The van der Waals surface area contributed by atoms with Crippen LogP contribution in [0, 0.1) is 5.82 Å². The fourth-order valence-corrected chi connectivity index (χ4v) is 2.36. The summed E-state index contributed by atoms with van der Waals surface area (Å²) in [6.07, 6.45) is -0.193. The quantitative estimate of drug-likeness (QED) is 0.840. The maximum atomic E-state index is 14.0. The molecule has 0 fully saturated rings. The van der Waals surface area contributed by atoms with Crippen molar-refractivity contribution in [2.45, 2.75) is 38.9 Å². The first-order valence-electron chi connectivity index (χ1n) is 7.11. The van der Waals surface area contributed by atoms with Gasteiger partial charge >= 0.3 is 6.09 Å². The van der Waals surface area contributed by atoms with Crippen LogP contribution in [0.5, 0.6) is 0 Å². The largest absolute Gasteiger partial charge is 0.444 e. The van der Waals surface area contributed by atoms with Crippen LogP contribution < -0.4 is 0 Å². The van der Waals surface area contributed by atoms with Gasteiger partial charge in [0.1, 0.15) is 17.5 Å². The molecule has 116 valence electrons. The van der Waals surface area contributed by atoms with Crippen molar-refractivity contribution in [3.63, 3.8) is 0 Å². The fraction of sp³-hybridized carbons (Fsp3) is 0.562. The number of ether oxygens (including phenoxy) is 2. The summed E-state index contributed by atoms with van der Waals surface area (Å²) in [5, 5.41) is 0. The van der Waals surface area contributed by atoms with Crippen LogP contribution in [0.25, 0.3) is 0 Å². The highest BCUT2D eigenvalue weighted by atomic mass is 19.1. The highest BCUT2D eigenvalue weighted by Gasteiger charge is 2.28. The third-order valence-electron chi connectivity index (χ3n) is 3.30. The first kappa shape index (κ1) is 15.8. The topological polar surface area (TPSA) is 38.8 Å². The van der Waals surface area contributed by atoms with Crippen molar-refractivity contribution in [1.82, 2.24) is 4.90 Å². The Balaban J connectivity index is 2.10. The van der Waals surface area contributed by atoms with Gasteiger partial charge in [0.05, 0.1) is 13.2 Å². The average Bonchev–Trinajstić information content (AvgIpc) is 2.37. The van der Waals surface area contributed by atoms with E-state index in [9.17, 15) is 9.18 Å². The van der Waals surface area contributed by atoms with Gasteiger partial charge < -0.3 is 14.4 Å². The zero-order chi connectivity index (χ0) is 15.6. The molecule has 1 atom stereocenters. The number of benzene rings is 1. The van der Waals surface area contributed by atoms with Crippen molar-refractivity contribution < 1.29 is 18.7 Å². The SMILES string of the molecule is CN(CC1OCCc2cccc(F)c21)C(=O)OC(C)(C)C. The maximum absolute atomic E-state index is 14.0. The number of carbonyl (C=O) groups excluding carboxylic acids is 1. The Bertz CT molecular complexity index is 525. The molecule has 1 unspecified atom stereocenters. The lowest BCUT2D eigenvalue weighted by Crippen LogP contribution is -2.38. The van der Waals surface area contributed by atoms with Gasteiger partial charge in [0.25, 0.3) is 0 Å². The Morgan fingerprint density at radius 3 is 2.86 bits per heavy atom. The van der Waals surface area contributed by atoms with Crippen molar-refractivity contribution in [1.29, 1.82) is 0 Å². The second-order valence-electron chi connectivity index (χ2n) is 6.28. The Hall–Kier alpha value is -1.62. The normalized spacial score (nSPS) is 18.0. The van der Waals surface area contributed by atoms with Crippen LogP contribution in [0.15, 0.2) is 18.2 Å². The Morgan fingerprint density at radius 2 is 2.19 bits per heavy atom. The predicted octanol–water partition coefficient (Wildman–Crippen LogP) is 3.31. The van der Waals surface area contributed by atoms with E-state index in [1.54, 1.807) is 13.1 Å². The van der Waals surface area contributed by atoms with Crippen LogP contribution in [-0.4, -0.2) is 36.8 Å². The van der Waals surface area contributed by atoms with Gasteiger partial charge in [0.2, 0.25) is 0 Å². The van der Waals surface area contributed by atoms with Gasteiger partial charge in [-0.05, 0) is 38.8 Å². The van der Waals surface area contributed by atoms with Gasteiger partial charge in [0, 0.05) is 12.6 Å². The van der Waals surface area contributed by atoms with E-state index < -0.39 is 17.8 Å². The molecular weight excluding hydrogens is 273 g/mol. The van der Waals surface area contributed by atoms with Gasteiger partial charge in [-0.3, -0.25) is 0 Å². The molecule has 0 spiro atoms. The zero-order valence-corrected chi connectivity index (χ0v) is 13.0. The molecule has 1 heterocycles. The van der Waals surface area contributed by atoms with E-state index in [-0.39, 0.29) is 12.4 Å². The van der Waals surface area contributed by atoms with E-state index in [0.717, 1.165) is 5.56 Å². The molecule has 21 heavy (non-hydrogen) atoms. The molecular formula is C16H22FNO3. The second-order valence-corrected chi connectivity index (χ2v) is 6.28. The van der Waals surface area contributed by atoms with Crippen LogP contribution >= 0.6 is 0 Å². The van der Waals surface area contributed by atoms with Gasteiger partial charge in [-0.25, -0.2) is 9.18 Å². The zero-order valence-electron chi connectivity index (χ0n) is 13.0. The van der Waals surface area contributed by atoms with E-state index in [2.05, 4.69) is 0 Å². The van der Waals surface area contributed by atoms with Gasteiger partial charge in [0.15, 0.2) is 0 Å². The summed E-state index contributed by atoms with van der Waals surface area (Å²) < 4.78 is 25.0. The van der Waals surface area contributed by atoms with Gasteiger partial charge in [-0.1, -0.05) is 12.1 Å². The minimum absolute atomic E-state index is 0.267. The van der Waals surface area contributed by atoms with E-state index in [0.29, 0.717) is 18.6 Å². The molecule has 0 N–H and O–H groups in total. The molecule has 1 aliphatic rings. The minimum Gasteiger partial charge on any atom is -0.444 e. The summed E-state index contributed by atoms with van der Waals surface area (Å²) in [6.45, 7) is 6.23. The fourth-order valence-electron chi connectivity index (χ4n) is 2.36. The minimum atomic E-state index is -0.554. The third kappa shape index (κ3) is 3.94. The number of amides is 1. The number of fused-ring (bicyclic) bond motifs is 1. The van der Waals surface area contributed by atoms with Crippen LogP contribution in [0.3, 0.4) is 0 Å². The van der Waals surface area contributed by atoms with Crippen LogP contribution in [0.2, 0.25) is 0 Å². The summed E-state index contributed by atoms with van der Waals surface area (Å²) in [6, 6.07) is 5.03. The predicted molar refractivity (Wildman–Crippen MR) is 77.7 cm³/mol. The van der Waals surface area contributed by atoms with Crippen LogP contribution in [-0.2, 0) is 15.9 Å². The number of carbonyl (C=O) groups is 1. The lowest BCUT2D eigenvalue weighted by atomic mass is 9.96. The standard InChI is InChI=1S/C16H22FNO3/c1-16(2,3)21-15(19)18(4)10-13-14-11(8-9-20-13)6-5-7-12(14)17/h5-7,13H,8-10H2,1-4H3. The molecule has 1 amide bonds. The van der Waals surface area contributed by atoms with Crippen molar-refractivity contribution in [2.75, 3.05) is 20.2 Å². The number of hydrogen-bond acceptors (Lipinski definition) is 3. The smallest absolute Gasteiger partial charge is 0.410 e. The van der Waals surface area contributed by atoms with Crippen LogP contribution in [0.1, 0.15) is 38.0 Å². The number of hydrogen-bond donors (Lipinski definition) is 0. The molecule has 0 radical (unpaired) electrons. The molecule has 2 rings (SSSR count). The summed E-state index contributed by atoms with van der Waals surface area (Å²) in [5.74, 6) is -0.283. The number of likely N-dealkylation sites (N-methyl/N-ethyl adjacent to an activating group) is 1. The highest BCUT2D eigenvalue weighted by molar-refractivity contribution is 5.67. The number of halogens is 1. The molecule has 0 saturated carbocycles. The monoisotopic (exact) mass is 295 g/mol. The van der Waals surface area contributed by atoms with E-state index in [1.807, 2.05) is 26.8 Å². The second kappa shape index (κ2) is 6.02. The molecule has 0 aliphatic carbocycles. The molecule has 1 aliphatic heterocycles. The summed E-state index contributed by atoms with van der Waals surface area (Å²) in [7, 11) is 1.63.